The standard InChI is InChI=1S/C8H4ClN3O2/c9-3-4(10)8(14)6-5(7(3)13)11-1-2-12-6/h1-2H,10H2. The Morgan fingerprint density at radius 1 is 1.07 bits per heavy atom. The minimum Gasteiger partial charge on any atom is -0.394 e. The molecule has 2 N–H and O–H groups in total. The zero-order valence-corrected chi connectivity index (χ0v) is 7.58. The van der Waals surface area contributed by atoms with Gasteiger partial charge in [-0.1, -0.05) is 11.6 Å². The molecule has 2 rings (SSSR count). The number of aromatic nitrogens is 2. The Kier molecular flexibility index (Phi) is 1.82. The van der Waals surface area contributed by atoms with E-state index in [2.05, 4.69) is 9.97 Å². The lowest BCUT2D eigenvalue weighted by atomic mass is 10.0. The van der Waals surface area contributed by atoms with Crippen LogP contribution in [0.2, 0.25) is 0 Å². The summed E-state index contributed by atoms with van der Waals surface area (Å²) in [4.78, 5) is 30.4. The predicted molar refractivity (Wildman–Crippen MR) is 47.8 cm³/mol. The molecule has 0 spiro atoms. The van der Waals surface area contributed by atoms with Crippen LogP contribution in [0.5, 0.6) is 0 Å². The van der Waals surface area contributed by atoms with E-state index in [-0.39, 0.29) is 22.1 Å². The molecule has 1 heterocycles. The first-order valence-electron chi connectivity index (χ1n) is 3.68. The van der Waals surface area contributed by atoms with Gasteiger partial charge in [-0.05, 0) is 0 Å². The van der Waals surface area contributed by atoms with Gasteiger partial charge >= 0.3 is 0 Å². The summed E-state index contributed by atoms with van der Waals surface area (Å²) in [6, 6.07) is 0. The van der Waals surface area contributed by atoms with Gasteiger partial charge in [0.05, 0.1) is 0 Å². The summed E-state index contributed by atoms with van der Waals surface area (Å²) in [5.41, 5.74) is 4.98. The smallest absolute Gasteiger partial charge is 0.230 e. The number of rotatable bonds is 0. The molecule has 1 aromatic rings. The van der Waals surface area contributed by atoms with Crippen LogP contribution in [0.4, 0.5) is 0 Å². The van der Waals surface area contributed by atoms with E-state index < -0.39 is 11.6 Å². The zero-order chi connectivity index (χ0) is 10.3. The maximum atomic E-state index is 11.5. The van der Waals surface area contributed by atoms with Crippen LogP contribution in [0.1, 0.15) is 21.0 Å². The molecule has 6 heteroatoms. The molecule has 0 atom stereocenters. The van der Waals surface area contributed by atoms with Crippen molar-refractivity contribution in [3.05, 3.63) is 34.5 Å². The monoisotopic (exact) mass is 209 g/mol. The maximum absolute atomic E-state index is 11.5. The highest BCUT2D eigenvalue weighted by Gasteiger charge is 2.31. The molecule has 0 saturated carbocycles. The first-order chi connectivity index (χ1) is 6.63. The first-order valence-corrected chi connectivity index (χ1v) is 4.06. The Morgan fingerprint density at radius 3 is 2.14 bits per heavy atom. The van der Waals surface area contributed by atoms with Gasteiger partial charge < -0.3 is 5.73 Å². The Balaban J connectivity index is 2.73. The normalized spacial score (nSPS) is 15.8. The fraction of sp³-hybridized carbons (Fsp3) is 0. The Morgan fingerprint density at radius 2 is 1.57 bits per heavy atom. The number of hydrogen-bond donors (Lipinski definition) is 1. The number of allylic oxidation sites excluding steroid dienone is 2. The molecule has 14 heavy (non-hydrogen) atoms. The third kappa shape index (κ3) is 1.03. The topological polar surface area (TPSA) is 85.9 Å². The second-order valence-corrected chi connectivity index (χ2v) is 3.02. The number of ketones is 2. The summed E-state index contributed by atoms with van der Waals surface area (Å²) in [5, 5.41) is -0.289. The van der Waals surface area contributed by atoms with E-state index in [0.29, 0.717) is 0 Å². The van der Waals surface area contributed by atoms with E-state index in [9.17, 15) is 9.59 Å². The number of fused-ring (bicyclic) bond motifs is 1. The molecule has 0 aromatic carbocycles. The lowest BCUT2D eigenvalue weighted by Gasteiger charge is -2.11. The number of Topliss-reactive ketones (excluding diaryl/α,β-unsaturated/α-hetero) is 2. The summed E-state index contributed by atoms with van der Waals surface area (Å²) >= 11 is 5.56. The minimum absolute atomic E-state index is 0.0422. The number of nitrogens with zero attached hydrogens (tertiary/aromatic N) is 2. The molecule has 0 fully saturated rings. The molecular weight excluding hydrogens is 206 g/mol. The molecule has 1 aromatic heterocycles. The third-order valence-electron chi connectivity index (χ3n) is 1.81. The van der Waals surface area contributed by atoms with Gasteiger partial charge in [-0.3, -0.25) is 9.59 Å². The van der Waals surface area contributed by atoms with Crippen molar-refractivity contribution >= 4 is 23.2 Å². The number of carbonyl (C=O) groups is 2. The van der Waals surface area contributed by atoms with Crippen LogP contribution in [0.25, 0.3) is 0 Å². The molecule has 0 amide bonds. The number of halogens is 1. The highest BCUT2D eigenvalue weighted by atomic mass is 35.5. The quantitative estimate of drug-likeness (QED) is 0.663. The molecule has 1 aliphatic carbocycles. The van der Waals surface area contributed by atoms with Crippen molar-refractivity contribution < 1.29 is 9.59 Å². The maximum Gasteiger partial charge on any atom is 0.230 e. The molecular formula is C8H4ClN3O2. The summed E-state index contributed by atoms with van der Waals surface area (Å²) in [5.74, 6) is -1.12. The molecule has 70 valence electrons. The first kappa shape index (κ1) is 8.83. The van der Waals surface area contributed by atoms with Crippen molar-refractivity contribution in [3.8, 4) is 0 Å². The van der Waals surface area contributed by atoms with Crippen LogP contribution in [0.3, 0.4) is 0 Å². The molecule has 5 nitrogen and oxygen atoms in total. The summed E-state index contributed by atoms with van der Waals surface area (Å²) in [6.45, 7) is 0. The van der Waals surface area contributed by atoms with Gasteiger partial charge in [0.15, 0.2) is 0 Å². The third-order valence-corrected chi connectivity index (χ3v) is 2.18. The van der Waals surface area contributed by atoms with Crippen LogP contribution in [0.15, 0.2) is 23.1 Å². The van der Waals surface area contributed by atoms with E-state index in [1.54, 1.807) is 0 Å². The van der Waals surface area contributed by atoms with E-state index in [4.69, 9.17) is 17.3 Å². The SMILES string of the molecule is NC1=C(Cl)C(=O)c2nccnc2C1=O. The summed E-state index contributed by atoms with van der Waals surface area (Å²) < 4.78 is 0. The van der Waals surface area contributed by atoms with E-state index in [0.717, 1.165) is 0 Å². The summed E-state index contributed by atoms with van der Waals surface area (Å²) in [6.07, 6.45) is 2.63. The lowest BCUT2D eigenvalue weighted by molar-refractivity contribution is 0.0972. The summed E-state index contributed by atoms with van der Waals surface area (Å²) in [7, 11) is 0. The lowest BCUT2D eigenvalue weighted by Crippen LogP contribution is -2.26. The van der Waals surface area contributed by atoms with Crippen molar-refractivity contribution in [1.29, 1.82) is 0 Å². The highest BCUT2D eigenvalue weighted by Crippen LogP contribution is 2.22. The molecule has 0 bridgehead atoms. The van der Waals surface area contributed by atoms with Gasteiger partial charge in [0.25, 0.3) is 0 Å². The minimum atomic E-state index is -0.563. The van der Waals surface area contributed by atoms with Crippen LogP contribution in [0, 0.1) is 0 Å². The molecule has 0 saturated heterocycles. The van der Waals surface area contributed by atoms with Gasteiger partial charge in [0.1, 0.15) is 22.1 Å². The second kappa shape index (κ2) is 2.88. The fourth-order valence-electron chi connectivity index (χ4n) is 1.12. The van der Waals surface area contributed by atoms with Gasteiger partial charge in [-0.25, -0.2) is 9.97 Å². The second-order valence-electron chi connectivity index (χ2n) is 2.64. The number of nitrogens with two attached hydrogens (primary N) is 1. The van der Waals surface area contributed by atoms with Crippen LogP contribution in [-0.4, -0.2) is 21.5 Å². The average molecular weight is 210 g/mol. The van der Waals surface area contributed by atoms with Crippen molar-refractivity contribution in [2.45, 2.75) is 0 Å². The van der Waals surface area contributed by atoms with Crippen LogP contribution in [-0.2, 0) is 0 Å². The van der Waals surface area contributed by atoms with Crippen LogP contribution < -0.4 is 5.73 Å². The van der Waals surface area contributed by atoms with Gasteiger partial charge in [0.2, 0.25) is 11.6 Å². The largest absolute Gasteiger partial charge is 0.394 e. The number of carbonyl (C=O) groups excluding carboxylic acids is 2. The zero-order valence-electron chi connectivity index (χ0n) is 6.82. The predicted octanol–water partition coefficient (Wildman–Crippen LogP) is 0.265. The van der Waals surface area contributed by atoms with Gasteiger partial charge in [0, 0.05) is 12.4 Å². The Hall–Kier alpha value is -1.75. The fourth-order valence-corrected chi connectivity index (χ4v) is 1.30. The Bertz CT molecular complexity index is 438. The van der Waals surface area contributed by atoms with Crippen molar-refractivity contribution in [1.82, 2.24) is 9.97 Å². The van der Waals surface area contributed by atoms with E-state index in [1.165, 1.54) is 12.4 Å². The molecule has 1 aliphatic rings. The van der Waals surface area contributed by atoms with E-state index in [1.807, 2.05) is 0 Å². The van der Waals surface area contributed by atoms with Gasteiger partial charge in [-0.2, -0.15) is 0 Å². The molecule has 0 unspecified atom stereocenters. The Labute approximate surface area is 83.6 Å². The average Bonchev–Trinajstić information content (AvgIpc) is 2.23. The van der Waals surface area contributed by atoms with Crippen molar-refractivity contribution in [3.63, 3.8) is 0 Å². The van der Waals surface area contributed by atoms with Gasteiger partial charge in [-0.15, -0.1) is 0 Å². The highest BCUT2D eigenvalue weighted by molar-refractivity contribution is 6.49. The van der Waals surface area contributed by atoms with Crippen LogP contribution >= 0.6 is 11.6 Å². The molecule has 0 radical (unpaired) electrons. The number of hydrogen-bond acceptors (Lipinski definition) is 5. The van der Waals surface area contributed by atoms with E-state index >= 15 is 0 Å². The van der Waals surface area contributed by atoms with Crippen molar-refractivity contribution in [2.75, 3.05) is 0 Å². The molecule has 0 aliphatic heterocycles. The van der Waals surface area contributed by atoms with Crippen molar-refractivity contribution in [2.24, 2.45) is 5.73 Å².